The molecule has 0 aromatic carbocycles. The molecule has 138 valence electrons. The van der Waals surface area contributed by atoms with E-state index in [1.54, 1.807) is 32.6 Å². The summed E-state index contributed by atoms with van der Waals surface area (Å²) in [7, 11) is 0. The highest BCUT2D eigenvalue weighted by Crippen LogP contribution is 2.56. The van der Waals surface area contributed by atoms with E-state index in [0.717, 1.165) is 11.4 Å². The van der Waals surface area contributed by atoms with Crippen LogP contribution in [0.5, 0.6) is 0 Å². The molecule has 1 rings (SSSR count). The maximum atomic E-state index is 12.8. The lowest BCUT2D eigenvalue weighted by molar-refractivity contribution is -0.149. The van der Waals surface area contributed by atoms with Gasteiger partial charge >= 0.3 is 12.7 Å². The zero-order chi connectivity index (χ0) is 18.3. The van der Waals surface area contributed by atoms with Crippen LogP contribution in [0.2, 0.25) is 0 Å². The number of nitrogens with one attached hydrogen (secondary N) is 1. The minimum absolute atomic E-state index is 0.121. The molecule has 2 atom stereocenters. The number of nitrogens with two attached hydrogens (primary N) is 1. The first kappa shape index (κ1) is 21.0. The highest BCUT2D eigenvalue weighted by molar-refractivity contribution is 8.56. The number of hydrogen-bond donors (Lipinski definition) is 2. The molecule has 1 aliphatic rings. The Morgan fingerprint density at radius 3 is 2.67 bits per heavy atom. The quantitative estimate of drug-likeness (QED) is 0.421. The minimum Gasteiger partial charge on any atom is -0.462 e. The van der Waals surface area contributed by atoms with Crippen molar-refractivity contribution < 1.29 is 23.4 Å². The predicted octanol–water partition coefficient (Wildman–Crippen LogP) is 0.951. The summed E-state index contributed by atoms with van der Waals surface area (Å²) in [5, 5.41) is 2.72. The summed E-state index contributed by atoms with van der Waals surface area (Å²) in [6, 6.07) is -0.766. The molecule has 0 fully saturated rings. The average molecular weight is 380 g/mol. The van der Waals surface area contributed by atoms with Crippen molar-refractivity contribution in [2.24, 2.45) is 10.7 Å². The van der Waals surface area contributed by atoms with Crippen LogP contribution in [0.15, 0.2) is 4.99 Å². The molecule has 0 saturated heterocycles. The highest BCUT2D eigenvalue weighted by atomic mass is 32.7. The smallest absolute Gasteiger partial charge is 0.327 e. The third kappa shape index (κ3) is 6.80. The van der Waals surface area contributed by atoms with Crippen LogP contribution in [0, 0.1) is 0 Å². The van der Waals surface area contributed by atoms with Crippen molar-refractivity contribution in [2.45, 2.75) is 39.8 Å². The first-order valence-electron chi connectivity index (χ1n) is 7.66. The van der Waals surface area contributed by atoms with Gasteiger partial charge in [-0.2, -0.15) is 4.99 Å². The summed E-state index contributed by atoms with van der Waals surface area (Å²) in [6.07, 6.45) is -0.254. The van der Waals surface area contributed by atoms with Crippen molar-refractivity contribution in [3.63, 3.8) is 0 Å². The number of ether oxygens (including phenoxy) is 1. The molecule has 0 aromatic heterocycles. The SMILES string of the molecule is CCO[P@](=O)(N[C@@H](C)C(=O)OC(C)C)SCCN1CC(=O)N=C1N. The highest BCUT2D eigenvalue weighted by Gasteiger charge is 2.30. The second kappa shape index (κ2) is 9.41. The van der Waals surface area contributed by atoms with Gasteiger partial charge in [0.05, 0.1) is 12.7 Å². The van der Waals surface area contributed by atoms with Crippen molar-refractivity contribution in [3.05, 3.63) is 0 Å². The van der Waals surface area contributed by atoms with Crippen LogP contribution in [0.3, 0.4) is 0 Å². The molecule has 1 heterocycles. The largest absolute Gasteiger partial charge is 0.462 e. The van der Waals surface area contributed by atoms with Crippen LogP contribution in [0.1, 0.15) is 27.7 Å². The van der Waals surface area contributed by atoms with E-state index < -0.39 is 18.7 Å². The topological polar surface area (TPSA) is 123 Å². The van der Waals surface area contributed by atoms with Gasteiger partial charge in [-0.3, -0.25) is 14.2 Å². The van der Waals surface area contributed by atoms with Gasteiger partial charge in [0, 0.05) is 12.3 Å². The van der Waals surface area contributed by atoms with Crippen molar-refractivity contribution >= 4 is 35.9 Å². The van der Waals surface area contributed by atoms with Gasteiger partial charge in [0.25, 0.3) is 5.91 Å². The Labute approximate surface area is 146 Å². The number of esters is 1. The number of amides is 1. The summed E-state index contributed by atoms with van der Waals surface area (Å²) in [5.74, 6) is -0.242. The molecule has 11 heteroatoms. The van der Waals surface area contributed by atoms with Gasteiger partial charge in [-0.25, -0.2) is 5.09 Å². The minimum atomic E-state index is -3.29. The number of rotatable bonds is 10. The normalized spacial score (nSPS) is 18.5. The average Bonchev–Trinajstić information content (AvgIpc) is 2.76. The maximum Gasteiger partial charge on any atom is 0.327 e. The van der Waals surface area contributed by atoms with E-state index in [4.69, 9.17) is 15.0 Å². The molecule has 0 saturated carbocycles. The standard InChI is InChI=1S/C13H25N4O5PS/c1-5-21-23(20,16-10(4)12(19)22-9(2)3)24-7-6-17-8-11(18)15-13(17)14/h9-10H,5-8H2,1-4H3,(H,16,20)(H2,14,15,18)/t10-,23+/m0/s1. The fourth-order valence-corrected chi connectivity index (χ4v) is 5.74. The van der Waals surface area contributed by atoms with Gasteiger partial charge in [-0.05, 0) is 27.7 Å². The van der Waals surface area contributed by atoms with Crippen molar-refractivity contribution in [1.29, 1.82) is 0 Å². The van der Waals surface area contributed by atoms with Gasteiger partial charge in [0.2, 0.25) is 0 Å². The molecule has 3 N–H and O–H groups in total. The Bertz CT molecular complexity index is 542. The van der Waals surface area contributed by atoms with Crippen LogP contribution < -0.4 is 10.8 Å². The van der Waals surface area contributed by atoms with Crippen LogP contribution in [-0.4, -0.2) is 60.3 Å². The van der Waals surface area contributed by atoms with Crippen LogP contribution in [0.4, 0.5) is 0 Å². The zero-order valence-electron chi connectivity index (χ0n) is 14.4. The fraction of sp³-hybridized carbons (Fsp3) is 0.769. The van der Waals surface area contributed by atoms with E-state index in [1.807, 2.05) is 0 Å². The van der Waals surface area contributed by atoms with Crippen LogP contribution in [-0.2, 0) is 23.4 Å². The third-order valence-electron chi connectivity index (χ3n) is 2.87. The molecular formula is C13H25N4O5PS. The number of carbonyl (C=O) groups is 2. The van der Waals surface area contributed by atoms with Crippen LogP contribution >= 0.6 is 18.1 Å². The van der Waals surface area contributed by atoms with E-state index in [2.05, 4.69) is 10.1 Å². The molecule has 0 aliphatic carbocycles. The molecule has 0 unspecified atom stereocenters. The van der Waals surface area contributed by atoms with Gasteiger partial charge in [-0.1, -0.05) is 11.4 Å². The maximum absolute atomic E-state index is 12.8. The molecule has 0 radical (unpaired) electrons. The van der Waals surface area contributed by atoms with E-state index in [0.29, 0.717) is 12.3 Å². The van der Waals surface area contributed by atoms with Crippen molar-refractivity contribution in [2.75, 3.05) is 25.4 Å². The number of guanidine groups is 1. The predicted molar refractivity (Wildman–Crippen MR) is 93.7 cm³/mol. The molecule has 9 nitrogen and oxygen atoms in total. The second-order valence-corrected chi connectivity index (χ2v) is 9.76. The summed E-state index contributed by atoms with van der Waals surface area (Å²) < 4.78 is 23.2. The lowest BCUT2D eigenvalue weighted by Crippen LogP contribution is -2.36. The van der Waals surface area contributed by atoms with Crippen LogP contribution in [0.25, 0.3) is 0 Å². The summed E-state index contributed by atoms with van der Waals surface area (Å²) in [4.78, 5) is 28.2. The monoisotopic (exact) mass is 380 g/mol. The molecule has 1 amide bonds. The van der Waals surface area contributed by atoms with Crippen molar-refractivity contribution in [3.8, 4) is 0 Å². The Kier molecular flexibility index (Phi) is 8.21. The summed E-state index contributed by atoms with van der Waals surface area (Å²) >= 11 is 1.05. The van der Waals surface area contributed by atoms with E-state index >= 15 is 0 Å². The Morgan fingerprint density at radius 2 is 2.17 bits per heavy atom. The Morgan fingerprint density at radius 1 is 1.50 bits per heavy atom. The number of nitrogens with zero attached hydrogens (tertiary/aromatic N) is 2. The Hall–Kier alpha value is -1.09. The molecule has 0 bridgehead atoms. The number of hydrogen-bond acceptors (Lipinski definition) is 8. The molecule has 0 aromatic rings. The molecular weight excluding hydrogens is 355 g/mol. The van der Waals surface area contributed by atoms with Gasteiger partial charge in [-0.15, -0.1) is 0 Å². The van der Waals surface area contributed by atoms with Gasteiger partial charge < -0.3 is 19.9 Å². The van der Waals surface area contributed by atoms with E-state index in [9.17, 15) is 14.2 Å². The Balaban J connectivity index is 2.54. The fourth-order valence-electron chi connectivity index (χ4n) is 1.85. The third-order valence-corrected chi connectivity index (χ3v) is 7.07. The lowest BCUT2D eigenvalue weighted by Gasteiger charge is -2.23. The lowest BCUT2D eigenvalue weighted by atomic mass is 10.4. The van der Waals surface area contributed by atoms with Crippen molar-refractivity contribution in [1.82, 2.24) is 9.99 Å². The zero-order valence-corrected chi connectivity index (χ0v) is 16.1. The van der Waals surface area contributed by atoms with Gasteiger partial charge in [0.15, 0.2) is 5.96 Å². The summed E-state index contributed by atoms with van der Waals surface area (Å²) in [6.45, 7) is 4.23. The summed E-state index contributed by atoms with van der Waals surface area (Å²) in [5.41, 5.74) is 5.61. The van der Waals surface area contributed by atoms with Gasteiger partial charge in [0.1, 0.15) is 12.6 Å². The number of carbonyl (C=O) groups excluding carboxylic acids is 2. The first-order valence-corrected chi connectivity index (χ1v) is 10.9. The molecule has 24 heavy (non-hydrogen) atoms. The number of aliphatic imine (C=N–C) groups is 1. The molecule has 0 spiro atoms. The van der Waals surface area contributed by atoms with E-state index in [-0.39, 0.29) is 31.1 Å². The molecule has 1 aliphatic heterocycles. The first-order chi connectivity index (χ1) is 11.2. The second-order valence-electron chi connectivity index (χ2n) is 5.37. The van der Waals surface area contributed by atoms with E-state index in [1.165, 1.54) is 0 Å².